The van der Waals surface area contributed by atoms with Gasteiger partial charge in [-0.3, -0.25) is 4.79 Å². The van der Waals surface area contributed by atoms with E-state index >= 15 is 0 Å². The van der Waals surface area contributed by atoms with Gasteiger partial charge < -0.3 is 15.2 Å². The van der Waals surface area contributed by atoms with Crippen molar-refractivity contribution in [2.45, 2.75) is 18.9 Å². The molecule has 0 radical (unpaired) electrons. The van der Waals surface area contributed by atoms with Crippen LogP contribution >= 0.6 is 0 Å². The Morgan fingerprint density at radius 1 is 1.67 bits per heavy atom. The molecule has 0 spiro atoms. The molecule has 2 N–H and O–H groups in total. The zero-order valence-electron chi connectivity index (χ0n) is 7.29. The summed E-state index contributed by atoms with van der Waals surface area (Å²) in [5.41, 5.74) is 5.73. The Labute approximate surface area is 72.0 Å². The van der Waals surface area contributed by atoms with Crippen molar-refractivity contribution in [1.29, 1.82) is 0 Å². The van der Waals surface area contributed by atoms with Crippen molar-refractivity contribution in [1.82, 2.24) is 0 Å². The van der Waals surface area contributed by atoms with Gasteiger partial charge in [0.15, 0.2) is 0 Å². The van der Waals surface area contributed by atoms with Gasteiger partial charge in [0.2, 0.25) is 0 Å². The second-order valence-corrected chi connectivity index (χ2v) is 3.08. The third-order valence-electron chi connectivity index (χ3n) is 2.19. The summed E-state index contributed by atoms with van der Waals surface area (Å²) in [6.07, 6.45) is 1.21. The predicted molar refractivity (Wildman–Crippen MR) is 43.5 cm³/mol. The zero-order valence-corrected chi connectivity index (χ0v) is 7.29. The molecule has 1 saturated heterocycles. The van der Waals surface area contributed by atoms with Crippen molar-refractivity contribution < 1.29 is 14.3 Å². The van der Waals surface area contributed by atoms with Crippen LogP contribution in [0.3, 0.4) is 0 Å². The maximum Gasteiger partial charge on any atom is 0.305 e. The summed E-state index contributed by atoms with van der Waals surface area (Å²) >= 11 is 0. The number of carbonyl (C=O) groups is 1. The lowest BCUT2D eigenvalue weighted by atomic mass is 9.99. The Hall–Kier alpha value is -0.610. The highest BCUT2D eigenvalue weighted by molar-refractivity contribution is 5.69. The first-order valence-corrected chi connectivity index (χ1v) is 4.14. The minimum absolute atomic E-state index is 0.0923. The van der Waals surface area contributed by atoms with Gasteiger partial charge in [-0.15, -0.1) is 0 Å². The molecular weight excluding hydrogens is 158 g/mol. The molecule has 0 bridgehead atoms. The van der Waals surface area contributed by atoms with Crippen LogP contribution in [0, 0.1) is 5.92 Å². The van der Waals surface area contributed by atoms with Gasteiger partial charge >= 0.3 is 5.97 Å². The van der Waals surface area contributed by atoms with Crippen LogP contribution < -0.4 is 5.73 Å². The number of carbonyl (C=O) groups excluding carboxylic acids is 1. The van der Waals surface area contributed by atoms with Crippen LogP contribution in [0.5, 0.6) is 0 Å². The summed E-state index contributed by atoms with van der Waals surface area (Å²) < 4.78 is 9.68. The first-order valence-electron chi connectivity index (χ1n) is 4.14. The van der Waals surface area contributed by atoms with E-state index in [2.05, 4.69) is 4.74 Å². The molecule has 0 aromatic carbocycles. The predicted octanol–water partition coefficient (Wildman–Crippen LogP) is -0.0867. The number of hydrogen-bond donors (Lipinski definition) is 1. The molecule has 12 heavy (non-hydrogen) atoms. The number of ether oxygens (including phenoxy) is 2. The molecule has 1 fully saturated rings. The van der Waals surface area contributed by atoms with Crippen LogP contribution in [-0.2, 0) is 14.3 Å². The molecule has 4 heteroatoms. The Kier molecular flexibility index (Phi) is 3.49. The van der Waals surface area contributed by atoms with Crippen molar-refractivity contribution in [3.63, 3.8) is 0 Å². The van der Waals surface area contributed by atoms with Gasteiger partial charge in [-0.1, -0.05) is 0 Å². The molecular formula is C8H15NO3. The van der Waals surface area contributed by atoms with Gasteiger partial charge in [-0.2, -0.15) is 0 Å². The van der Waals surface area contributed by atoms with Crippen LogP contribution in [0.2, 0.25) is 0 Å². The highest BCUT2D eigenvalue weighted by Gasteiger charge is 2.25. The van der Waals surface area contributed by atoms with Gasteiger partial charge in [0.05, 0.1) is 20.3 Å². The summed E-state index contributed by atoms with van der Waals surface area (Å²) in [5.74, 6) is 0.151. The van der Waals surface area contributed by atoms with E-state index in [1.165, 1.54) is 7.11 Å². The molecule has 1 aliphatic rings. The summed E-state index contributed by atoms with van der Waals surface area (Å²) in [6.45, 7) is 1.30. The minimum Gasteiger partial charge on any atom is -0.469 e. The van der Waals surface area contributed by atoms with Gasteiger partial charge in [0.25, 0.3) is 0 Å². The Bertz CT molecular complexity index is 160. The summed E-state index contributed by atoms with van der Waals surface area (Å²) in [6, 6.07) is 0.0923. The van der Waals surface area contributed by atoms with Crippen molar-refractivity contribution in [3.05, 3.63) is 0 Å². The van der Waals surface area contributed by atoms with E-state index in [9.17, 15) is 4.79 Å². The van der Waals surface area contributed by atoms with Gasteiger partial charge in [0.1, 0.15) is 0 Å². The number of methoxy groups -OCH3 is 1. The number of nitrogens with two attached hydrogens (primary N) is 1. The van der Waals surface area contributed by atoms with Crippen molar-refractivity contribution in [2.75, 3.05) is 20.3 Å². The van der Waals surface area contributed by atoms with Gasteiger partial charge in [0, 0.05) is 18.4 Å². The third kappa shape index (κ3) is 2.46. The molecule has 1 heterocycles. The zero-order chi connectivity index (χ0) is 8.97. The van der Waals surface area contributed by atoms with Crippen LogP contribution in [0.4, 0.5) is 0 Å². The fraction of sp³-hybridized carbons (Fsp3) is 0.875. The SMILES string of the molecule is COC(=O)CC[C@H]1COC[C@@H]1N. The average molecular weight is 173 g/mol. The normalized spacial score (nSPS) is 28.8. The summed E-state index contributed by atoms with van der Waals surface area (Å²) in [4.78, 5) is 10.8. The molecule has 0 amide bonds. The van der Waals surface area contributed by atoms with Crippen LogP contribution in [0.15, 0.2) is 0 Å². The van der Waals surface area contributed by atoms with E-state index in [1.54, 1.807) is 0 Å². The van der Waals surface area contributed by atoms with Crippen molar-refractivity contribution in [3.8, 4) is 0 Å². The van der Waals surface area contributed by atoms with E-state index in [4.69, 9.17) is 10.5 Å². The molecule has 0 aliphatic carbocycles. The Morgan fingerprint density at radius 3 is 2.92 bits per heavy atom. The lowest BCUT2D eigenvalue weighted by Crippen LogP contribution is -2.28. The fourth-order valence-corrected chi connectivity index (χ4v) is 1.32. The third-order valence-corrected chi connectivity index (χ3v) is 2.19. The highest BCUT2D eigenvalue weighted by Crippen LogP contribution is 2.17. The monoisotopic (exact) mass is 173 g/mol. The number of esters is 1. The number of hydrogen-bond acceptors (Lipinski definition) is 4. The van der Waals surface area contributed by atoms with E-state index in [0.717, 1.165) is 6.42 Å². The maximum atomic E-state index is 10.8. The van der Waals surface area contributed by atoms with Crippen molar-refractivity contribution in [2.24, 2.45) is 11.7 Å². The first kappa shape index (κ1) is 9.48. The molecule has 0 aromatic heterocycles. The topological polar surface area (TPSA) is 61.5 Å². The Balaban J connectivity index is 2.18. The number of rotatable bonds is 3. The molecule has 1 aliphatic heterocycles. The van der Waals surface area contributed by atoms with E-state index in [-0.39, 0.29) is 12.0 Å². The molecule has 0 aromatic rings. The average Bonchev–Trinajstić information content (AvgIpc) is 2.47. The van der Waals surface area contributed by atoms with Gasteiger partial charge in [-0.05, 0) is 6.42 Å². The molecule has 0 saturated carbocycles. The lowest BCUT2D eigenvalue weighted by molar-refractivity contribution is -0.140. The van der Waals surface area contributed by atoms with Crippen LogP contribution in [-0.4, -0.2) is 32.3 Å². The summed E-state index contributed by atoms with van der Waals surface area (Å²) in [5, 5.41) is 0. The summed E-state index contributed by atoms with van der Waals surface area (Å²) in [7, 11) is 1.40. The fourth-order valence-electron chi connectivity index (χ4n) is 1.32. The quantitative estimate of drug-likeness (QED) is 0.606. The van der Waals surface area contributed by atoms with E-state index < -0.39 is 0 Å². The van der Waals surface area contributed by atoms with Crippen LogP contribution in [0.1, 0.15) is 12.8 Å². The first-order chi connectivity index (χ1) is 5.74. The maximum absolute atomic E-state index is 10.8. The minimum atomic E-state index is -0.172. The van der Waals surface area contributed by atoms with Crippen LogP contribution in [0.25, 0.3) is 0 Å². The molecule has 4 nitrogen and oxygen atoms in total. The smallest absolute Gasteiger partial charge is 0.305 e. The highest BCUT2D eigenvalue weighted by atomic mass is 16.5. The van der Waals surface area contributed by atoms with E-state index in [1.807, 2.05) is 0 Å². The van der Waals surface area contributed by atoms with E-state index in [0.29, 0.717) is 25.6 Å². The second kappa shape index (κ2) is 4.42. The largest absolute Gasteiger partial charge is 0.469 e. The molecule has 2 atom stereocenters. The molecule has 70 valence electrons. The standard InChI is InChI=1S/C8H15NO3/c1-11-8(10)3-2-6-4-12-5-7(6)9/h6-7H,2-5,9H2,1H3/t6-,7-/m0/s1. The molecule has 0 unspecified atom stereocenters. The second-order valence-electron chi connectivity index (χ2n) is 3.08. The van der Waals surface area contributed by atoms with Crippen molar-refractivity contribution >= 4 is 5.97 Å². The molecule has 1 rings (SSSR count). The van der Waals surface area contributed by atoms with Gasteiger partial charge in [-0.25, -0.2) is 0 Å². The Morgan fingerprint density at radius 2 is 2.42 bits per heavy atom. The lowest BCUT2D eigenvalue weighted by Gasteiger charge is -2.11.